The van der Waals surface area contributed by atoms with E-state index >= 15 is 0 Å². The molecule has 3 unspecified atom stereocenters. The van der Waals surface area contributed by atoms with Crippen LogP contribution < -0.4 is 0 Å². The van der Waals surface area contributed by atoms with Crippen LogP contribution in [0.2, 0.25) is 0 Å². The SMILES string of the molecule is Cc1cc(C(C)CC2OC2C)ccc1Br. The van der Waals surface area contributed by atoms with Crippen LogP contribution in [-0.4, -0.2) is 12.2 Å². The lowest BCUT2D eigenvalue weighted by Gasteiger charge is -2.11. The van der Waals surface area contributed by atoms with Gasteiger partial charge in [0, 0.05) is 4.47 Å². The van der Waals surface area contributed by atoms with Crippen LogP contribution in [0.5, 0.6) is 0 Å². The second-order valence-electron chi connectivity index (χ2n) is 4.53. The highest BCUT2D eigenvalue weighted by molar-refractivity contribution is 9.10. The van der Waals surface area contributed by atoms with Crippen LogP contribution >= 0.6 is 15.9 Å². The van der Waals surface area contributed by atoms with Crippen molar-refractivity contribution >= 4 is 15.9 Å². The zero-order valence-electron chi connectivity index (χ0n) is 9.46. The first-order valence-corrected chi connectivity index (χ1v) is 6.28. The van der Waals surface area contributed by atoms with E-state index < -0.39 is 0 Å². The Morgan fingerprint density at radius 1 is 1.47 bits per heavy atom. The fraction of sp³-hybridized carbons (Fsp3) is 0.538. The van der Waals surface area contributed by atoms with E-state index in [1.165, 1.54) is 15.6 Å². The van der Waals surface area contributed by atoms with E-state index in [4.69, 9.17) is 4.74 Å². The summed E-state index contributed by atoms with van der Waals surface area (Å²) >= 11 is 3.53. The van der Waals surface area contributed by atoms with Gasteiger partial charge in [0.15, 0.2) is 0 Å². The average Bonchev–Trinajstić information content (AvgIpc) is 2.86. The smallest absolute Gasteiger partial charge is 0.0844 e. The Morgan fingerprint density at radius 3 is 2.67 bits per heavy atom. The third kappa shape index (κ3) is 2.61. The summed E-state index contributed by atoms with van der Waals surface area (Å²) in [5.41, 5.74) is 2.72. The number of aryl methyl sites for hydroxylation is 1. The van der Waals surface area contributed by atoms with Gasteiger partial charge in [-0.3, -0.25) is 0 Å². The first kappa shape index (κ1) is 11.2. The summed E-state index contributed by atoms with van der Waals surface area (Å²) in [5.74, 6) is 0.590. The minimum Gasteiger partial charge on any atom is -0.370 e. The van der Waals surface area contributed by atoms with Crippen LogP contribution in [-0.2, 0) is 4.74 Å². The molecular weight excluding hydrogens is 252 g/mol. The predicted octanol–water partition coefficient (Wildman–Crippen LogP) is 4.04. The Bertz CT molecular complexity index is 362. The van der Waals surface area contributed by atoms with Gasteiger partial charge in [0.25, 0.3) is 0 Å². The summed E-state index contributed by atoms with van der Waals surface area (Å²) in [6, 6.07) is 6.61. The molecule has 1 aliphatic rings. The van der Waals surface area contributed by atoms with Crippen molar-refractivity contribution in [2.24, 2.45) is 0 Å². The molecular formula is C13H17BrO. The molecule has 0 aliphatic carbocycles. The number of hydrogen-bond acceptors (Lipinski definition) is 1. The second kappa shape index (κ2) is 4.26. The van der Waals surface area contributed by atoms with E-state index in [1.807, 2.05) is 0 Å². The standard InChI is InChI=1S/C13H17BrO/c1-8(7-13-10(3)15-13)11-4-5-12(14)9(2)6-11/h4-6,8,10,13H,7H2,1-3H3. The number of epoxide rings is 1. The Labute approximate surface area is 100.0 Å². The number of benzene rings is 1. The first-order valence-electron chi connectivity index (χ1n) is 5.49. The van der Waals surface area contributed by atoms with E-state index in [-0.39, 0.29) is 0 Å². The minimum absolute atomic E-state index is 0.476. The van der Waals surface area contributed by atoms with Gasteiger partial charge < -0.3 is 4.74 Å². The molecule has 0 bridgehead atoms. The Hall–Kier alpha value is -0.340. The van der Waals surface area contributed by atoms with E-state index in [9.17, 15) is 0 Å². The fourth-order valence-electron chi connectivity index (χ4n) is 1.94. The molecule has 2 rings (SSSR count). The number of ether oxygens (including phenoxy) is 1. The summed E-state index contributed by atoms with van der Waals surface area (Å²) in [5, 5.41) is 0. The molecule has 1 aliphatic heterocycles. The molecule has 1 nitrogen and oxygen atoms in total. The van der Waals surface area contributed by atoms with Crippen molar-refractivity contribution in [2.45, 2.75) is 45.3 Å². The monoisotopic (exact) mass is 268 g/mol. The summed E-state index contributed by atoms with van der Waals surface area (Å²) in [7, 11) is 0. The Morgan fingerprint density at radius 2 is 2.13 bits per heavy atom. The summed E-state index contributed by atoms with van der Waals surface area (Å²) in [6.45, 7) is 6.55. The van der Waals surface area contributed by atoms with Crippen molar-refractivity contribution in [1.82, 2.24) is 0 Å². The molecule has 0 saturated carbocycles. The van der Waals surface area contributed by atoms with Gasteiger partial charge in [-0.05, 0) is 43.4 Å². The van der Waals surface area contributed by atoms with Crippen LogP contribution in [0.25, 0.3) is 0 Å². The van der Waals surface area contributed by atoms with Crippen molar-refractivity contribution in [3.63, 3.8) is 0 Å². The van der Waals surface area contributed by atoms with Gasteiger partial charge in [0.2, 0.25) is 0 Å². The lowest BCUT2D eigenvalue weighted by atomic mass is 9.94. The van der Waals surface area contributed by atoms with Gasteiger partial charge in [-0.2, -0.15) is 0 Å². The van der Waals surface area contributed by atoms with Gasteiger partial charge in [-0.1, -0.05) is 35.0 Å². The van der Waals surface area contributed by atoms with Crippen LogP contribution in [0, 0.1) is 6.92 Å². The zero-order valence-corrected chi connectivity index (χ0v) is 11.0. The molecule has 15 heavy (non-hydrogen) atoms. The second-order valence-corrected chi connectivity index (χ2v) is 5.38. The normalized spacial score (nSPS) is 26.4. The molecule has 1 saturated heterocycles. The molecule has 3 atom stereocenters. The highest BCUT2D eigenvalue weighted by Crippen LogP contribution is 2.33. The third-order valence-corrected chi connectivity index (χ3v) is 4.06. The molecule has 1 fully saturated rings. The highest BCUT2D eigenvalue weighted by Gasteiger charge is 2.35. The minimum atomic E-state index is 0.476. The van der Waals surface area contributed by atoms with Crippen molar-refractivity contribution in [2.75, 3.05) is 0 Å². The van der Waals surface area contributed by atoms with Crippen molar-refractivity contribution in [1.29, 1.82) is 0 Å². The molecule has 1 aromatic carbocycles. The van der Waals surface area contributed by atoms with Crippen molar-refractivity contribution in [3.05, 3.63) is 33.8 Å². The quantitative estimate of drug-likeness (QED) is 0.754. The number of halogens is 1. The van der Waals surface area contributed by atoms with Gasteiger partial charge in [-0.15, -0.1) is 0 Å². The maximum Gasteiger partial charge on any atom is 0.0844 e. The molecule has 1 aromatic rings. The van der Waals surface area contributed by atoms with Gasteiger partial charge >= 0.3 is 0 Å². The summed E-state index contributed by atoms with van der Waals surface area (Å²) in [6.07, 6.45) is 2.11. The number of rotatable bonds is 3. The third-order valence-electron chi connectivity index (χ3n) is 3.17. The van der Waals surface area contributed by atoms with Crippen LogP contribution in [0.15, 0.2) is 22.7 Å². The van der Waals surface area contributed by atoms with Crippen molar-refractivity contribution in [3.8, 4) is 0 Å². The van der Waals surface area contributed by atoms with E-state index in [0.29, 0.717) is 18.1 Å². The lowest BCUT2D eigenvalue weighted by Crippen LogP contribution is -2.00. The predicted molar refractivity (Wildman–Crippen MR) is 66.2 cm³/mol. The molecule has 0 radical (unpaired) electrons. The molecule has 0 amide bonds. The summed E-state index contributed by atoms with van der Waals surface area (Å²) < 4.78 is 6.64. The molecule has 82 valence electrons. The lowest BCUT2D eigenvalue weighted by molar-refractivity contribution is 0.362. The van der Waals surface area contributed by atoms with E-state index in [0.717, 1.165) is 6.42 Å². The molecule has 0 N–H and O–H groups in total. The maximum absolute atomic E-state index is 5.45. The van der Waals surface area contributed by atoms with Crippen LogP contribution in [0.4, 0.5) is 0 Å². The average molecular weight is 269 g/mol. The van der Waals surface area contributed by atoms with Crippen LogP contribution in [0.3, 0.4) is 0 Å². The Kier molecular flexibility index (Phi) is 3.17. The van der Waals surface area contributed by atoms with Crippen LogP contribution in [0.1, 0.15) is 37.3 Å². The van der Waals surface area contributed by atoms with Gasteiger partial charge in [0.05, 0.1) is 12.2 Å². The molecule has 0 spiro atoms. The maximum atomic E-state index is 5.45. The molecule has 1 heterocycles. The topological polar surface area (TPSA) is 12.5 Å². The highest BCUT2D eigenvalue weighted by atomic mass is 79.9. The Balaban J connectivity index is 2.04. The fourth-order valence-corrected chi connectivity index (χ4v) is 2.18. The van der Waals surface area contributed by atoms with E-state index in [2.05, 4.69) is 54.9 Å². The summed E-state index contributed by atoms with van der Waals surface area (Å²) in [4.78, 5) is 0. The molecule has 2 heteroatoms. The van der Waals surface area contributed by atoms with E-state index in [1.54, 1.807) is 0 Å². The van der Waals surface area contributed by atoms with Gasteiger partial charge in [-0.25, -0.2) is 0 Å². The number of hydrogen-bond donors (Lipinski definition) is 0. The van der Waals surface area contributed by atoms with Gasteiger partial charge in [0.1, 0.15) is 0 Å². The first-order chi connectivity index (χ1) is 7.08. The van der Waals surface area contributed by atoms with Crippen molar-refractivity contribution < 1.29 is 4.74 Å². The largest absolute Gasteiger partial charge is 0.370 e. The zero-order chi connectivity index (χ0) is 11.0. The molecule has 0 aromatic heterocycles.